The molecule has 3 rings (SSSR count). The molecule has 0 N–H and O–H groups in total. The van der Waals surface area contributed by atoms with Crippen molar-refractivity contribution in [3.63, 3.8) is 0 Å². The number of nitrogens with zero attached hydrogens (tertiary/aromatic N) is 3. The second-order valence-electron chi connectivity index (χ2n) is 4.75. The molecule has 23 heavy (non-hydrogen) atoms. The Labute approximate surface area is 138 Å². The van der Waals surface area contributed by atoms with Crippen LogP contribution in [0.2, 0.25) is 0 Å². The molecule has 0 radical (unpaired) electrons. The number of benzene rings is 2. The molecule has 0 saturated heterocycles. The highest BCUT2D eigenvalue weighted by Gasteiger charge is 2.18. The van der Waals surface area contributed by atoms with Gasteiger partial charge in [-0.3, -0.25) is 4.57 Å². The minimum absolute atomic E-state index is 0.306. The van der Waals surface area contributed by atoms with E-state index in [0.29, 0.717) is 16.7 Å². The van der Waals surface area contributed by atoms with E-state index in [1.165, 1.54) is 17.8 Å². The lowest BCUT2D eigenvalue weighted by Gasteiger charge is -2.11. The van der Waals surface area contributed by atoms with E-state index in [0.717, 1.165) is 17.1 Å². The fraction of sp³-hybridized carbons (Fsp3) is 0.176. The van der Waals surface area contributed by atoms with Gasteiger partial charge in [-0.2, -0.15) is 0 Å². The van der Waals surface area contributed by atoms with Gasteiger partial charge in [-0.25, -0.2) is 4.39 Å². The highest BCUT2D eigenvalue weighted by atomic mass is 32.2. The van der Waals surface area contributed by atoms with Crippen molar-refractivity contribution in [2.75, 3.05) is 12.9 Å². The fourth-order valence-electron chi connectivity index (χ4n) is 2.27. The maximum Gasteiger partial charge on any atom is 0.196 e. The van der Waals surface area contributed by atoms with Crippen molar-refractivity contribution in [3.8, 4) is 22.8 Å². The maximum atomic E-state index is 14.3. The lowest BCUT2D eigenvalue weighted by Crippen LogP contribution is -2.02. The Morgan fingerprint density at radius 3 is 2.48 bits per heavy atom. The molecule has 0 bridgehead atoms. The van der Waals surface area contributed by atoms with E-state index >= 15 is 0 Å². The van der Waals surface area contributed by atoms with E-state index in [-0.39, 0.29) is 5.82 Å². The SMILES string of the molecule is CCSc1nnc(-c2ccc(OC)cc2)n1-c1ccccc1F. The molecular weight excluding hydrogens is 313 g/mol. The van der Waals surface area contributed by atoms with E-state index in [9.17, 15) is 4.39 Å². The molecule has 0 saturated carbocycles. The Hall–Kier alpha value is -2.34. The molecule has 1 aromatic heterocycles. The summed E-state index contributed by atoms with van der Waals surface area (Å²) in [6.45, 7) is 2.03. The molecule has 118 valence electrons. The average molecular weight is 329 g/mol. The number of ether oxygens (including phenoxy) is 1. The van der Waals surface area contributed by atoms with E-state index in [1.54, 1.807) is 29.9 Å². The lowest BCUT2D eigenvalue weighted by atomic mass is 10.2. The number of hydrogen-bond acceptors (Lipinski definition) is 4. The van der Waals surface area contributed by atoms with Gasteiger partial charge >= 0.3 is 0 Å². The summed E-state index contributed by atoms with van der Waals surface area (Å²) in [5.74, 6) is 1.89. The molecule has 0 aliphatic carbocycles. The first-order chi connectivity index (χ1) is 11.2. The Balaban J connectivity index is 2.15. The van der Waals surface area contributed by atoms with Crippen molar-refractivity contribution in [2.45, 2.75) is 12.1 Å². The monoisotopic (exact) mass is 329 g/mol. The van der Waals surface area contributed by atoms with Crippen LogP contribution in [0.4, 0.5) is 4.39 Å². The third-order valence-electron chi connectivity index (χ3n) is 3.35. The Morgan fingerprint density at radius 1 is 1.09 bits per heavy atom. The van der Waals surface area contributed by atoms with Crippen molar-refractivity contribution in [1.82, 2.24) is 14.8 Å². The summed E-state index contributed by atoms with van der Waals surface area (Å²) >= 11 is 1.53. The predicted molar refractivity (Wildman–Crippen MR) is 89.7 cm³/mol. The molecule has 0 spiro atoms. The molecule has 1 heterocycles. The zero-order valence-electron chi connectivity index (χ0n) is 12.9. The summed E-state index contributed by atoms with van der Waals surface area (Å²) in [6.07, 6.45) is 0. The molecule has 0 fully saturated rings. The van der Waals surface area contributed by atoms with Crippen molar-refractivity contribution in [3.05, 3.63) is 54.3 Å². The molecule has 0 aliphatic rings. The molecule has 3 aromatic rings. The van der Waals surface area contributed by atoms with Crippen LogP contribution in [-0.4, -0.2) is 27.6 Å². The predicted octanol–water partition coefficient (Wildman–Crippen LogP) is 4.19. The summed E-state index contributed by atoms with van der Waals surface area (Å²) in [7, 11) is 1.62. The maximum absolute atomic E-state index is 14.3. The highest BCUT2D eigenvalue weighted by Crippen LogP contribution is 2.29. The number of methoxy groups -OCH3 is 1. The van der Waals surface area contributed by atoms with Gasteiger partial charge in [0.1, 0.15) is 11.6 Å². The average Bonchev–Trinajstić information content (AvgIpc) is 2.99. The van der Waals surface area contributed by atoms with Crippen molar-refractivity contribution >= 4 is 11.8 Å². The van der Waals surface area contributed by atoms with Gasteiger partial charge in [0.15, 0.2) is 11.0 Å². The van der Waals surface area contributed by atoms with Gasteiger partial charge in [0, 0.05) is 5.56 Å². The number of para-hydroxylation sites is 1. The molecule has 0 atom stereocenters. The Bertz CT molecular complexity index is 802. The summed E-state index contributed by atoms with van der Waals surface area (Å²) in [5.41, 5.74) is 1.30. The van der Waals surface area contributed by atoms with E-state index in [1.807, 2.05) is 31.2 Å². The van der Waals surface area contributed by atoms with E-state index in [4.69, 9.17) is 4.74 Å². The van der Waals surface area contributed by atoms with Crippen molar-refractivity contribution < 1.29 is 9.13 Å². The van der Waals surface area contributed by atoms with Crippen LogP contribution in [0.25, 0.3) is 17.1 Å². The Kier molecular flexibility index (Phi) is 4.62. The van der Waals surface area contributed by atoms with Crippen molar-refractivity contribution in [2.24, 2.45) is 0 Å². The first kappa shape index (κ1) is 15.6. The zero-order chi connectivity index (χ0) is 16.2. The summed E-state index contributed by atoms with van der Waals surface area (Å²) in [6, 6.07) is 14.1. The number of rotatable bonds is 5. The van der Waals surface area contributed by atoms with Crippen LogP contribution in [0.15, 0.2) is 53.7 Å². The van der Waals surface area contributed by atoms with Crippen molar-refractivity contribution in [1.29, 1.82) is 0 Å². The summed E-state index contributed by atoms with van der Waals surface area (Å²) in [5, 5.41) is 9.15. The first-order valence-corrected chi connectivity index (χ1v) is 8.20. The van der Waals surface area contributed by atoms with Gasteiger partial charge in [0.25, 0.3) is 0 Å². The molecule has 0 aliphatic heterocycles. The zero-order valence-corrected chi connectivity index (χ0v) is 13.7. The second kappa shape index (κ2) is 6.83. The van der Waals surface area contributed by atoms with Crippen LogP contribution in [0, 0.1) is 5.82 Å². The first-order valence-electron chi connectivity index (χ1n) is 7.22. The molecule has 0 unspecified atom stereocenters. The minimum atomic E-state index is -0.306. The molecule has 6 heteroatoms. The van der Waals surface area contributed by atoms with Gasteiger partial charge in [-0.15, -0.1) is 10.2 Å². The van der Waals surface area contributed by atoms with Crippen LogP contribution in [-0.2, 0) is 0 Å². The van der Waals surface area contributed by atoms with E-state index < -0.39 is 0 Å². The second-order valence-corrected chi connectivity index (χ2v) is 5.99. The number of hydrogen-bond donors (Lipinski definition) is 0. The van der Waals surface area contributed by atoms with Crippen LogP contribution in [0.3, 0.4) is 0 Å². The van der Waals surface area contributed by atoms with Gasteiger partial charge in [-0.05, 0) is 42.2 Å². The van der Waals surface area contributed by atoms with Crippen LogP contribution < -0.4 is 4.74 Å². The quantitative estimate of drug-likeness (QED) is 0.658. The van der Waals surface area contributed by atoms with E-state index in [2.05, 4.69) is 10.2 Å². The summed E-state index contributed by atoms with van der Waals surface area (Å²) in [4.78, 5) is 0. The fourth-order valence-corrected chi connectivity index (χ4v) is 2.94. The van der Waals surface area contributed by atoms with Crippen LogP contribution in [0.5, 0.6) is 5.75 Å². The third kappa shape index (κ3) is 3.07. The number of halogens is 1. The molecule has 0 amide bonds. The van der Waals surface area contributed by atoms with Gasteiger partial charge < -0.3 is 4.74 Å². The van der Waals surface area contributed by atoms with Gasteiger partial charge in [0.2, 0.25) is 0 Å². The normalized spacial score (nSPS) is 10.7. The third-order valence-corrected chi connectivity index (χ3v) is 4.16. The summed E-state index contributed by atoms with van der Waals surface area (Å²) < 4.78 is 21.2. The smallest absolute Gasteiger partial charge is 0.196 e. The lowest BCUT2D eigenvalue weighted by molar-refractivity contribution is 0.415. The largest absolute Gasteiger partial charge is 0.497 e. The highest BCUT2D eigenvalue weighted by molar-refractivity contribution is 7.99. The number of thioether (sulfide) groups is 1. The van der Waals surface area contributed by atoms with Gasteiger partial charge in [-0.1, -0.05) is 30.8 Å². The number of aromatic nitrogens is 3. The molecule has 4 nitrogen and oxygen atoms in total. The van der Waals surface area contributed by atoms with Crippen LogP contribution >= 0.6 is 11.8 Å². The topological polar surface area (TPSA) is 39.9 Å². The standard InChI is InChI=1S/C17H16FN3OS/c1-3-23-17-20-19-16(12-8-10-13(22-2)11-9-12)21(17)15-7-5-4-6-14(15)18/h4-11H,3H2,1-2H3. The Morgan fingerprint density at radius 2 is 1.83 bits per heavy atom. The van der Waals surface area contributed by atoms with Crippen LogP contribution in [0.1, 0.15) is 6.92 Å². The molecule has 2 aromatic carbocycles. The minimum Gasteiger partial charge on any atom is -0.497 e. The van der Waals surface area contributed by atoms with Gasteiger partial charge in [0.05, 0.1) is 12.8 Å². The molecular formula is C17H16FN3OS.